The van der Waals surface area contributed by atoms with Crippen molar-refractivity contribution in [1.29, 1.82) is 0 Å². The Morgan fingerprint density at radius 3 is 0.981 bits per heavy atom. The van der Waals surface area contributed by atoms with Crippen LogP contribution in [-0.2, 0) is 9.13 Å². The summed E-state index contributed by atoms with van der Waals surface area (Å²) >= 11 is 0. The molecule has 0 bridgehead atoms. The number of rotatable bonds is 8. The molecular formula is C50H36O2P2. The maximum Gasteiger partial charge on any atom is 0.171 e. The third-order valence-electron chi connectivity index (χ3n) is 10.4. The summed E-state index contributed by atoms with van der Waals surface area (Å²) in [4.78, 5) is 0. The van der Waals surface area contributed by atoms with E-state index in [0.717, 1.165) is 75.6 Å². The molecule has 0 saturated carbocycles. The summed E-state index contributed by atoms with van der Waals surface area (Å²) < 4.78 is 31.0. The normalized spacial score (nSPS) is 11.9. The Kier molecular flexibility index (Phi) is 8.80. The molecule has 2 nitrogen and oxygen atoms in total. The number of fused-ring (bicyclic) bond motifs is 2. The van der Waals surface area contributed by atoms with Gasteiger partial charge in [0.15, 0.2) is 14.3 Å². The molecule has 4 heteroatoms. The topological polar surface area (TPSA) is 34.1 Å². The van der Waals surface area contributed by atoms with Gasteiger partial charge >= 0.3 is 0 Å². The fourth-order valence-electron chi connectivity index (χ4n) is 7.87. The molecule has 0 N–H and O–H groups in total. The summed E-state index contributed by atoms with van der Waals surface area (Å²) in [5, 5.41) is 9.06. The first kappa shape index (κ1) is 33.8. The number of hydrogen-bond donors (Lipinski definition) is 0. The molecule has 0 fully saturated rings. The van der Waals surface area contributed by atoms with Crippen LogP contribution in [0.4, 0.5) is 0 Å². The fourth-order valence-corrected chi connectivity index (χ4v) is 13.2. The molecule has 258 valence electrons. The predicted molar refractivity (Wildman–Crippen MR) is 231 cm³/mol. The standard InChI is InChI=1S/C50H36O2P2/c51-53(39-20-8-2-9-21-39,40-22-10-3-11-23-40)43-32-30-38(31-33-43)50-46-29-17-16-28-45(46)49(37-18-6-1-7-19-37)47-35-34-44(36-48(47)50)54(52,41-24-12-4-13-25-41)42-26-14-5-15-27-42/h1-36H. The number of benzene rings is 9. The molecule has 0 radical (unpaired) electrons. The average molecular weight is 731 g/mol. The SMILES string of the molecule is O=P(c1ccccc1)(c1ccccc1)c1ccc(-c2c3ccccc3c(-c3ccccc3)c3ccc(P(=O)(c4ccccc4)c4ccccc4)cc23)cc1. The molecule has 9 aromatic carbocycles. The summed E-state index contributed by atoms with van der Waals surface area (Å²) in [6.45, 7) is 0. The van der Waals surface area contributed by atoms with Crippen molar-refractivity contribution in [1.82, 2.24) is 0 Å². The second kappa shape index (κ2) is 14.1. The van der Waals surface area contributed by atoms with Crippen molar-refractivity contribution in [2.45, 2.75) is 0 Å². The van der Waals surface area contributed by atoms with E-state index in [9.17, 15) is 0 Å². The lowest BCUT2D eigenvalue weighted by molar-refractivity contribution is 0.591. The maximum absolute atomic E-state index is 15.7. The van der Waals surface area contributed by atoms with E-state index >= 15 is 9.13 Å². The summed E-state index contributed by atoms with van der Waals surface area (Å²) in [5.74, 6) is 0. The van der Waals surface area contributed by atoms with Crippen molar-refractivity contribution in [3.8, 4) is 22.3 Å². The molecule has 9 rings (SSSR count). The van der Waals surface area contributed by atoms with Gasteiger partial charge in [-0.3, -0.25) is 0 Å². The van der Waals surface area contributed by atoms with Crippen LogP contribution >= 0.6 is 14.3 Å². The van der Waals surface area contributed by atoms with Crippen LogP contribution in [0, 0.1) is 0 Å². The van der Waals surface area contributed by atoms with Crippen LogP contribution in [0.3, 0.4) is 0 Å². The van der Waals surface area contributed by atoms with E-state index in [0.29, 0.717) is 0 Å². The fraction of sp³-hybridized carbons (Fsp3) is 0. The quantitative estimate of drug-likeness (QED) is 0.115. The first-order chi connectivity index (χ1) is 26.6. The van der Waals surface area contributed by atoms with E-state index in [-0.39, 0.29) is 0 Å². The van der Waals surface area contributed by atoms with Gasteiger partial charge in [0, 0.05) is 31.8 Å². The van der Waals surface area contributed by atoms with Gasteiger partial charge < -0.3 is 9.13 Å². The van der Waals surface area contributed by atoms with Crippen LogP contribution in [0.25, 0.3) is 43.8 Å². The van der Waals surface area contributed by atoms with Gasteiger partial charge in [0.25, 0.3) is 0 Å². The molecule has 0 aliphatic carbocycles. The van der Waals surface area contributed by atoms with Crippen molar-refractivity contribution >= 4 is 67.7 Å². The van der Waals surface area contributed by atoms with Crippen molar-refractivity contribution in [2.24, 2.45) is 0 Å². The zero-order valence-electron chi connectivity index (χ0n) is 29.5. The van der Waals surface area contributed by atoms with Crippen molar-refractivity contribution in [3.63, 3.8) is 0 Å². The maximum atomic E-state index is 15.7. The smallest absolute Gasteiger partial charge is 0.171 e. The predicted octanol–water partition coefficient (Wildman–Crippen LogP) is 10.6. The molecular weight excluding hydrogens is 694 g/mol. The zero-order chi connectivity index (χ0) is 36.5. The lowest BCUT2D eigenvalue weighted by Crippen LogP contribution is -2.25. The van der Waals surface area contributed by atoms with Gasteiger partial charge in [0.2, 0.25) is 0 Å². The Balaban J connectivity index is 1.33. The van der Waals surface area contributed by atoms with E-state index in [1.807, 2.05) is 140 Å². The van der Waals surface area contributed by atoms with E-state index in [1.54, 1.807) is 0 Å². The highest BCUT2D eigenvalue weighted by Crippen LogP contribution is 2.48. The molecule has 0 unspecified atom stereocenters. The Hall–Kier alpha value is -6.04. The molecule has 0 amide bonds. The molecule has 0 aliphatic rings. The van der Waals surface area contributed by atoms with E-state index in [2.05, 4.69) is 78.9 Å². The monoisotopic (exact) mass is 730 g/mol. The lowest BCUT2D eigenvalue weighted by Gasteiger charge is -2.23. The number of hydrogen-bond acceptors (Lipinski definition) is 2. The minimum absolute atomic E-state index is 0.775. The molecule has 0 heterocycles. The highest BCUT2D eigenvalue weighted by atomic mass is 31.2. The van der Waals surface area contributed by atoms with Gasteiger partial charge in [-0.1, -0.05) is 212 Å². The zero-order valence-corrected chi connectivity index (χ0v) is 31.3. The first-order valence-corrected chi connectivity index (χ1v) is 21.6. The highest BCUT2D eigenvalue weighted by molar-refractivity contribution is 7.85. The van der Waals surface area contributed by atoms with Crippen molar-refractivity contribution < 1.29 is 9.13 Å². The molecule has 0 atom stereocenters. The van der Waals surface area contributed by atoms with E-state index < -0.39 is 14.3 Å². The largest absolute Gasteiger partial charge is 0.309 e. The molecule has 0 saturated heterocycles. The van der Waals surface area contributed by atoms with Crippen LogP contribution < -0.4 is 31.8 Å². The van der Waals surface area contributed by atoms with Gasteiger partial charge in [-0.05, 0) is 49.9 Å². The molecule has 0 aliphatic heterocycles. The molecule has 9 aromatic rings. The minimum atomic E-state index is -3.27. The van der Waals surface area contributed by atoms with Crippen LogP contribution in [-0.4, -0.2) is 0 Å². The minimum Gasteiger partial charge on any atom is -0.309 e. The Morgan fingerprint density at radius 2 is 0.537 bits per heavy atom. The Bertz CT molecular complexity index is 2750. The molecule has 0 aromatic heterocycles. The van der Waals surface area contributed by atoms with Crippen LogP contribution in [0.15, 0.2) is 218 Å². The highest BCUT2D eigenvalue weighted by Gasteiger charge is 2.32. The Labute approximate surface area is 316 Å². The van der Waals surface area contributed by atoms with Gasteiger partial charge in [-0.15, -0.1) is 0 Å². The van der Waals surface area contributed by atoms with E-state index in [4.69, 9.17) is 0 Å². The molecule has 54 heavy (non-hydrogen) atoms. The van der Waals surface area contributed by atoms with Gasteiger partial charge in [-0.25, -0.2) is 0 Å². The summed E-state index contributed by atoms with van der Waals surface area (Å²) in [7, 11) is -6.44. The van der Waals surface area contributed by atoms with Crippen LogP contribution in [0.2, 0.25) is 0 Å². The van der Waals surface area contributed by atoms with Crippen molar-refractivity contribution in [2.75, 3.05) is 0 Å². The third-order valence-corrected chi connectivity index (χ3v) is 16.6. The summed E-state index contributed by atoms with van der Waals surface area (Å²) in [6, 6.07) is 73.0. The first-order valence-electron chi connectivity index (χ1n) is 18.1. The van der Waals surface area contributed by atoms with Crippen molar-refractivity contribution in [3.05, 3.63) is 218 Å². The molecule has 0 spiro atoms. The van der Waals surface area contributed by atoms with Crippen LogP contribution in [0.5, 0.6) is 0 Å². The Morgan fingerprint density at radius 1 is 0.241 bits per heavy atom. The summed E-state index contributed by atoms with van der Waals surface area (Å²) in [5.41, 5.74) is 4.31. The third kappa shape index (κ3) is 5.67. The van der Waals surface area contributed by atoms with Crippen LogP contribution in [0.1, 0.15) is 0 Å². The second-order valence-electron chi connectivity index (χ2n) is 13.5. The average Bonchev–Trinajstić information content (AvgIpc) is 3.26. The van der Waals surface area contributed by atoms with Gasteiger partial charge in [0.05, 0.1) is 0 Å². The summed E-state index contributed by atoms with van der Waals surface area (Å²) in [6.07, 6.45) is 0. The van der Waals surface area contributed by atoms with E-state index in [1.165, 1.54) is 0 Å². The second-order valence-corrected chi connectivity index (χ2v) is 19.0. The lowest BCUT2D eigenvalue weighted by atomic mass is 9.86. The van der Waals surface area contributed by atoms with Gasteiger partial charge in [0.1, 0.15) is 0 Å². The van der Waals surface area contributed by atoms with Gasteiger partial charge in [-0.2, -0.15) is 0 Å².